The van der Waals surface area contributed by atoms with Crippen LogP contribution in [0.2, 0.25) is 0 Å². The Bertz CT molecular complexity index is 1880. The van der Waals surface area contributed by atoms with E-state index in [0.29, 0.717) is 0 Å². The molecule has 1 N–H and O–H groups in total. The molecule has 0 saturated heterocycles. The van der Waals surface area contributed by atoms with Gasteiger partial charge in [-0.1, -0.05) is 103 Å². The van der Waals surface area contributed by atoms with E-state index in [4.69, 9.17) is 0 Å². The Hall–Kier alpha value is -5.08. The maximum Gasteiger partial charge on any atom is 0.0547 e. The zero-order chi connectivity index (χ0) is 25.3. The minimum Gasteiger partial charge on any atom is -0.355 e. The van der Waals surface area contributed by atoms with Crippen LogP contribution in [0.3, 0.4) is 0 Å². The first kappa shape index (κ1) is 22.1. The van der Waals surface area contributed by atoms with Crippen LogP contribution < -0.4 is 5.32 Å². The molecule has 0 saturated carbocycles. The van der Waals surface area contributed by atoms with Gasteiger partial charge in [0.15, 0.2) is 0 Å². The Labute approximate surface area is 222 Å². The predicted octanol–water partition coefficient (Wildman–Crippen LogP) is 9.86. The second-order valence-corrected chi connectivity index (χ2v) is 9.57. The van der Waals surface area contributed by atoms with Crippen LogP contribution in [-0.4, -0.2) is 4.57 Å². The minimum absolute atomic E-state index is 1.07. The first-order valence-corrected chi connectivity index (χ1v) is 13.0. The van der Waals surface area contributed by atoms with Crippen LogP contribution in [0.4, 0.5) is 11.4 Å². The largest absolute Gasteiger partial charge is 0.355 e. The molecular weight excluding hydrogens is 460 g/mol. The summed E-state index contributed by atoms with van der Waals surface area (Å²) in [6.45, 7) is 0. The van der Waals surface area contributed by atoms with Gasteiger partial charge < -0.3 is 9.88 Å². The SMILES string of the molecule is c1ccc(-c2cccc(Nc3cccc(-c4ccc5c6ccccc6n(-c6ccccc6)c5c4)c3)c2)cc1. The quantitative estimate of drug-likeness (QED) is 0.256. The lowest BCUT2D eigenvalue weighted by Crippen LogP contribution is -1.93. The van der Waals surface area contributed by atoms with Gasteiger partial charge in [0.25, 0.3) is 0 Å². The van der Waals surface area contributed by atoms with Crippen molar-refractivity contribution in [3.05, 3.63) is 152 Å². The van der Waals surface area contributed by atoms with E-state index in [1.54, 1.807) is 0 Å². The van der Waals surface area contributed by atoms with Gasteiger partial charge in [-0.05, 0) is 70.8 Å². The van der Waals surface area contributed by atoms with Crippen LogP contribution in [0.1, 0.15) is 0 Å². The highest BCUT2D eigenvalue weighted by Gasteiger charge is 2.13. The van der Waals surface area contributed by atoms with Crippen LogP contribution in [0.5, 0.6) is 0 Å². The number of hydrogen-bond acceptors (Lipinski definition) is 1. The fourth-order valence-corrected chi connectivity index (χ4v) is 5.36. The molecule has 7 rings (SSSR count). The lowest BCUT2D eigenvalue weighted by molar-refractivity contribution is 1.18. The van der Waals surface area contributed by atoms with E-state index < -0.39 is 0 Å². The van der Waals surface area contributed by atoms with E-state index in [2.05, 4.69) is 155 Å². The third-order valence-corrected chi connectivity index (χ3v) is 7.14. The van der Waals surface area contributed by atoms with E-state index in [0.717, 1.165) is 11.4 Å². The van der Waals surface area contributed by atoms with Crippen molar-refractivity contribution in [1.82, 2.24) is 4.57 Å². The molecule has 0 aliphatic heterocycles. The molecule has 0 fully saturated rings. The molecule has 0 radical (unpaired) electrons. The Kier molecular flexibility index (Phi) is 5.49. The van der Waals surface area contributed by atoms with Crippen molar-refractivity contribution in [1.29, 1.82) is 0 Å². The topological polar surface area (TPSA) is 17.0 Å². The molecule has 0 unspecified atom stereocenters. The Morgan fingerprint density at radius 2 is 0.921 bits per heavy atom. The minimum atomic E-state index is 1.07. The smallest absolute Gasteiger partial charge is 0.0547 e. The lowest BCUT2D eigenvalue weighted by Gasteiger charge is -2.11. The zero-order valence-corrected chi connectivity index (χ0v) is 20.9. The summed E-state index contributed by atoms with van der Waals surface area (Å²) in [5.74, 6) is 0. The Morgan fingerprint density at radius 1 is 0.368 bits per heavy atom. The number of para-hydroxylation sites is 2. The number of anilines is 2. The molecular formula is C36H26N2. The average Bonchev–Trinajstić information content (AvgIpc) is 3.32. The van der Waals surface area contributed by atoms with Gasteiger partial charge in [-0.15, -0.1) is 0 Å². The van der Waals surface area contributed by atoms with Crippen molar-refractivity contribution in [3.8, 4) is 27.9 Å². The maximum atomic E-state index is 3.61. The summed E-state index contributed by atoms with van der Waals surface area (Å²) >= 11 is 0. The zero-order valence-electron chi connectivity index (χ0n) is 20.9. The molecule has 0 spiro atoms. The molecule has 1 heterocycles. The highest BCUT2D eigenvalue weighted by Crippen LogP contribution is 2.35. The first-order chi connectivity index (χ1) is 18.8. The number of fused-ring (bicyclic) bond motifs is 3. The van der Waals surface area contributed by atoms with Gasteiger partial charge in [0.2, 0.25) is 0 Å². The van der Waals surface area contributed by atoms with E-state index in [-0.39, 0.29) is 0 Å². The van der Waals surface area contributed by atoms with Gasteiger partial charge in [0, 0.05) is 27.8 Å². The molecule has 7 aromatic rings. The first-order valence-electron chi connectivity index (χ1n) is 13.0. The van der Waals surface area contributed by atoms with Gasteiger partial charge in [0.1, 0.15) is 0 Å². The lowest BCUT2D eigenvalue weighted by atomic mass is 10.0. The molecule has 0 amide bonds. The van der Waals surface area contributed by atoms with Gasteiger partial charge in [-0.3, -0.25) is 0 Å². The number of benzene rings is 6. The van der Waals surface area contributed by atoms with E-state index in [1.165, 1.54) is 49.7 Å². The van der Waals surface area contributed by atoms with Crippen LogP contribution >= 0.6 is 0 Å². The summed E-state index contributed by atoms with van der Waals surface area (Å²) < 4.78 is 2.37. The van der Waals surface area contributed by atoms with Crippen LogP contribution in [-0.2, 0) is 0 Å². The van der Waals surface area contributed by atoms with Crippen molar-refractivity contribution in [2.75, 3.05) is 5.32 Å². The number of hydrogen-bond donors (Lipinski definition) is 1. The summed E-state index contributed by atoms with van der Waals surface area (Å²) in [5.41, 5.74) is 10.5. The van der Waals surface area contributed by atoms with Crippen molar-refractivity contribution >= 4 is 33.2 Å². The van der Waals surface area contributed by atoms with Gasteiger partial charge in [0.05, 0.1) is 11.0 Å². The number of nitrogens with zero attached hydrogens (tertiary/aromatic N) is 1. The molecule has 0 aliphatic carbocycles. The van der Waals surface area contributed by atoms with Crippen molar-refractivity contribution in [2.45, 2.75) is 0 Å². The van der Waals surface area contributed by atoms with Gasteiger partial charge >= 0.3 is 0 Å². The number of nitrogens with one attached hydrogen (secondary N) is 1. The van der Waals surface area contributed by atoms with Gasteiger partial charge in [-0.2, -0.15) is 0 Å². The monoisotopic (exact) mass is 486 g/mol. The summed E-state index contributed by atoms with van der Waals surface area (Å²) in [5, 5.41) is 6.15. The Morgan fingerprint density at radius 3 is 1.66 bits per heavy atom. The van der Waals surface area contributed by atoms with Crippen molar-refractivity contribution in [2.24, 2.45) is 0 Å². The third-order valence-electron chi connectivity index (χ3n) is 7.14. The molecule has 6 aromatic carbocycles. The standard InChI is InChI=1S/C36H26N2/c1-3-11-26(12-4-1)27-13-9-15-30(23-27)37-31-16-10-14-28(24-31)29-21-22-34-33-19-7-8-20-35(33)38(36(34)25-29)32-17-5-2-6-18-32/h1-25,37H. The number of rotatable bonds is 5. The summed E-state index contributed by atoms with van der Waals surface area (Å²) in [6.07, 6.45) is 0. The van der Waals surface area contributed by atoms with Crippen LogP contribution in [0.15, 0.2) is 152 Å². The summed E-state index contributed by atoms with van der Waals surface area (Å²) in [6, 6.07) is 53.8. The fourth-order valence-electron chi connectivity index (χ4n) is 5.36. The van der Waals surface area contributed by atoms with Gasteiger partial charge in [-0.25, -0.2) is 0 Å². The maximum absolute atomic E-state index is 3.61. The Balaban J connectivity index is 1.28. The highest BCUT2D eigenvalue weighted by atomic mass is 15.0. The van der Waals surface area contributed by atoms with Crippen molar-refractivity contribution < 1.29 is 0 Å². The van der Waals surface area contributed by atoms with E-state index in [1.807, 2.05) is 6.07 Å². The van der Waals surface area contributed by atoms with Crippen molar-refractivity contribution in [3.63, 3.8) is 0 Å². The van der Waals surface area contributed by atoms with E-state index in [9.17, 15) is 0 Å². The van der Waals surface area contributed by atoms with E-state index >= 15 is 0 Å². The fraction of sp³-hybridized carbons (Fsp3) is 0. The molecule has 2 nitrogen and oxygen atoms in total. The predicted molar refractivity (Wildman–Crippen MR) is 161 cm³/mol. The molecule has 0 bridgehead atoms. The van der Waals surface area contributed by atoms with Crippen LogP contribution in [0.25, 0.3) is 49.7 Å². The normalized spacial score (nSPS) is 11.2. The summed E-state index contributed by atoms with van der Waals surface area (Å²) in [7, 11) is 0. The molecule has 1 aromatic heterocycles. The molecule has 0 aliphatic rings. The molecule has 0 atom stereocenters. The molecule has 38 heavy (non-hydrogen) atoms. The third kappa shape index (κ3) is 4.03. The highest BCUT2D eigenvalue weighted by molar-refractivity contribution is 6.10. The molecule has 2 heteroatoms. The number of aromatic nitrogens is 1. The average molecular weight is 487 g/mol. The molecule has 180 valence electrons. The second kappa shape index (κ2) is 9.42. The summed E-state index contributed by atoms with van der Waals surface area (Å²) in [4.78, 5) is 0. The second-order valence-electron chi connectivity index (χ2n) is 9.57. The van der Waals surface area contributed by atoms with Crippen LogP contribution in [0, 0.1) is 0 Å².